The van der Waals surface area contributed by atoms with Crippen molar-refractivity contribution in [3.63, 3.8) is 0 Å². The average Bonchev–Trinajstić information content (AvgIpc) is 2.77. The van der Waals surface area contributed by atoms with Crippen LogP contribution in [0.2, 0.25) is 0 Å². The van der Waals surface area contributed by atoms with Crippen LogP contribution in [-0.2, 0) is 9.53 Å². The van der Waals surface area contributed by atoms with E-state index in [9.17, 15) is 14.0 Å². The van der Waals surface area contributed by atoms with Gasteiger partial charge in [0.25, 0.3) is 11.8 Å². The molecule has 1 unspecified atom stereocenters. The first-order valence-electron chi connectivity index (χ1n) is 10.5. The van der Waals surface area contributed by atoms with Gasteiger partial charge in [-0.2, -0.15) is 0 Å². The maximum Gasteiger partial charge on any atom is 0.260 e. The lowest BCUT2D eigenvalue weighted by molar-refractivity contribution is -0.137. The summed E-state index contributed by atoms with van der Waals surface area (Å²) in [5.74, 6) is 0.106. The molecular formula is C24H29FN2O4. The molecule has 0 spiro atoms. The first-order valence-corrected chi connectivity index (χ1v) is 10.5. The Morgan fingerprint density at radius 2 is 1.97 bits per heavy atom. The van der Waals surface area contributed by atoms with Crippen LogP contribution in [0.5, 0.6) is 5.75 Å². The van der Waals surface area contributed by atoms with Gasteiger partial charge in [0.15, 0.2) is 6.61 Å². The Hall–Kier alpha value is -2.93. The number of halogens is 1. The summed E-state index contributed by atoms with van der Waals surface area (Å²) in [5.41, 5.74) is 0.312. The van der Waals surface area contributed by atoms with Gasteiger partial charge in [0.2, 0.25) is 0 Å². The number of morpholine rings is 1. The normalized spacial score (nSPS) is 16.3. The lowest BCUT2D eigenvalue weighted by Crippen LogP contribution is -2.51. The van der Waals surface area contributed by atoms with Crippen molar-refractivity contribution in [3.05, 3.63) is 66.0 Å². The molecule has 0 radical (unpaired) electrons. The van der Waals surface area contributed by atoms with E-state index in [4.69, 9.17) is 9.47 Å². The Morgan fingerprint density at radius 3 is 2.68 bits per heavy atom. The minimum Gasteiger partial charge on any atom is -0.484 e. The van der Waals surface area contributed by atoms with Gasteiger partial charge in [-0.25, -0.2) is 4.39 Å². The van der Waals surface area contributed by atoms with Gasteiger partial charge in [0.1, 0.15) is 11.6 Å². The molecule has 1 aliphatic rings. The highest BCUT2D eigenvalue weighted by Gasteiger charge is 2.28. The smallest absolute Gasteiger partial charge is 0.260 e. The highest BCUT2D eigenvalue weighted by atomic mass is 19.1. The molecule has 6 nitrogen and oxygen atoms in total. The summed E-state index contributed by atoms with van der Waals surface area (Å²) in [7, 11) is 0. The Kier molecular flexibility index (Phi) is 8.00. The van der Waals surface area contributed by atoms with Gasteiger partial charge in [0.05, 0.1) is 12.7 Å². The van der Waals surface area contributed by atoms with Gasteiger partial charge in [-0.15, -0.1) is 0 Å². The second-order valence-corrected chi connectivity index (χ2v) is 8.05. The molecule has 2 aromatic carbocycles. The Labute approximate surface area is 182 Å². The summed E-state index contributed by atoms with van der Waals surface area (Å²) < 4.78 is 25.0. The molecule has 1 fully saturated rings. The van der Waals surface area contributed by atoms with Crippen molar-refractivity contribution in [1.29, 1.82) is 0 Å². The lowest BCUT2D eigenvalue weighted by Gasteiger charge is -2.36. The molecule has 7 heteroatoms. The van der Waals surface area contributed by atoms with Crippen LogP contribution in [0, 0.1) is 11.7 Å². The number of amides is 2. The standard InChI is InChI=1S/C24H29FN2O4/c1-18(2)14-27(23(28)17-31-21-9-4-3-5-10-21)16-22-15-26(11-12-30-22)24(29)19-7-6-8-20(25)13-19/h3-10,13,18,22H,11-12,14-17H2,1-2H3. The maximum absolute atomic E-state index is 13.5. The molecule has 0 saturated carbocycles. The monoisotopic (exact) mass is 428 g/mol. The number of ether oxygens (including phenoxy) is 2. The zero-order valence-corrected chi connectivity index (χ0v) is 18.0. The molecule has 1 atom stereocenters. The number of carbonyl (C=O) groups excluding carboxylic acids is 2. The van der Waals surface area contributed by atoms with Crippen LogP contribution in [0.25, 0.3) is 0 Å². The summed E-state index contributed by atoms with van der Waals surface area (Å²) >= 11 is 0. The summed E-state index contributed by atoms with van der Waals surface area (Å²) in [4.78, 5) is 29.0. The predicted molar refractivity (Wildman–Crippen MR) is 115 cm³/mol. The van der Waals surface area contributed by atoms with Crippen LogP contribution in [0.1, 0.15) is 24.2 Å². The summed E-state index contributed by atoms with van der Waals surface area (Å²) in [6, 6.07) is 14.9. The summed E-state index contributed by atoms with van der Waals surface area (Å²) in [5, 5.41) is 0. The van der Waals surface area contributed by atoms with Crippen molar-refractivity contribution in [2.24, 2.45) is 5.92 Å². The molecule has 1 heterocycles. The fourth-order valence-corrected chi connectivity index (χ4v) is 3.54. The van der Waals surface area contributed by atoms with Crippen LogP contribution < -0.4 is 4.74 Å². The molecule has 0 bridgehead atoms. The van der Waals surface area contributed by atoms with E-state index in [-0.39, 0.29) is 30.4 Å². The van der Waals surface area contributed by atoms with E-state index in [0.29, 0.717) is 44.1 Å². The molecule has 1 aliphatic heterocycles. The van der Waals surface area contributed by atoms with Crippen LogP contribution in [0.15, 0.2) is 54.6 Å². The predicted octanol–water partition coefficient (Wildman–Crippen LogP) is 3.23. The maximum atomic E-state index is 13.5. The fraction of sp³-hybridized carbons (Fsp3) is 0.417. The largest absolute Gasteiger partial charge is 0.484 e. The van der Waals surface area contributed by atoms with E-state index in [1.807, 2.05) is 32.0 Å². The topological polar surface area (TPSA) is 59.1 Å². The Balaban J connectivity index is 1.60. The van der Waals surface area contributed by atoms with E-state index < -0.39 is 5.82 Å². The average molecular weight is 429 g/mol. The number of para-hydroxylation sites is 1. The van der Waals surface area contributed by atoms with E-state index in [2.05, 4.69) is 0 Å². The molecule has 0 aliphatic carbocycles. The third-order valence-corrected chi connectivity index (χ3v) is 4.97. The lowest BCUT2D eigenvalue weighted by atomic mass is 10.1. The molecular weight excluding hydrogens is 399 g/mol. The molecule has 2 amide bonds. The number of hydrogen-bond acceptors (Lipinski definition) is 4. The minimum absolute atomic E-state index is 0.0601. The Bertz CT molecular complexity index is 875. The van der Waals surface area contributed by atoms with Gasteiger partial charge in [-0.05, 0) is 36.2 Å². The van der Waals surface area contributed by atoms with Crippen molar-refractivity contribution in [2.75, 3.05) is 39.4 Å². The fourth-order valence-electron chi connectivity index (χ4n) is 3.54. The van der Waals surface area contributed by atoms with Crippen LogP contribution in [-0.4, -0.2) is 67.1 Å². The first kappa shape index (κ1) is 22.7. The zero-order chi connectivity index (χ0) is 22.2. The van der Waals surface area contributed by atoms with Crippen molar-refractivity contribution in [2.45, 2.75) is 20.0 Å². The van der Waals surface area contributed by atoms with Crippen LogP contribution >= 0.6 is 0 Å². The van der Waals surface area contributed by atoms with Crippen LogP contribution in [0.4, 0.5) is 4.39 Å². The van der Waals surface area contributed by atoms with Crippen LogP contribution in [0.3, 0.4) is 0 Å². The van der Waals surface area contributed by atoms with E-state index in [0.717, 1.165) is 0 Å². The molecule has 0 aromatic heterocycles. The number of hydrogen-bond donors (Lipinski definition) is 0. The number of nitrogens with zero attached hydrogens (tertiary/aromatic N) is 2. The van der Waals surface area contributed by atoms with E-state index >= 15 is 0 Å². The van der Waals surface area contributed by atoms with E-state index in [1.54, 1.807) is 28.0 Å². The molecule has 166 valence electrons. The van der Waals surface area contributed by atoms with Gasteiger partial charge in [0, 0.05) is 31.7 Å². The third kappa shape index (κ3) is 6.79. The molecule has 3 rings (SSSR count). The second-order valence-electron chi connectivity index (χ2n) is 8.05. The van der Waals surface area contributed by atoms with Crippen molar-refractivity contribution >= 4 is 11.8 Å². The number of carbonyl (C=O) groups is 2. The molecule has 0 N–H and O–H groups in total. The molecule has 2 aromatic rings. The summed E-state index contributed by atoms with van der Waals surface area (Å²) in [6.45, 7) is 6.10. The highest BCUT2D eigenvalue weighted by Crippen LogP contribution is 2.14. The quantitative estimate of drug-likeness (QED) is 0.648. The Morgan fingerprint density at radius 1 is 1.19 bits per heavy atom. The third-order valence-electron chi connectivity index (χ3n) is 4.97. The SMILES string of the molecule is CC(C)CN(CC1CN(C(=O)c2cccc(F)c2)CCO1)C(=O)COc1ccccc1. The van der Waals surface area contributed by atoms with E-state index in [1.165, 1.54) is 18.2 Å². The molecule has 31 heavy (non-hydrogen) atoms. The van der Waals surface area contributed by atoms with Crippen molar-refractivity contribution in [1.82, 2.24) is 9.80 Å². The zero-order valence-electron chi connectivity index (χ0n) is 18.0. The highest BCUT2D eigenvalue weighted by molar-refractivity contribution is 5.94. The van der Waals surface area contributed by atoms with Gasteiger partial charge < -0.3 is 19.3 Å². The first-order chi connectivity index (χ1) is 14.9. The van der Waals surface area contributed by atoms with Gasteiger partial charge in [-0.1, -0.05) is 38.1 Å². The number of rotatable bonds is 8. The molecule has 1 saturated heterocycles. The van der Waals surface area contributed by atoms with Gasteiger partial charge >= 0.3 is 0 Å². The van der Waals surface area contributed by atoms with Gasteiger partial charge in [-0.3, -0.25) is 9.59 Å². The minimum atomic E-state index is -0.442. The second kappa shape index (κ2) is 10.9. The van der Waals surface area contributed by atoms with Crippen molar-refractivity contribution < 1.29 is 23.5 Å². The summed E-state index contributed by atoms with van der Waals surface area (Å²) in [6.07, 6.45) is -0.314. The van der Waals surface area contributed by atoms with Crippen molar-refractivity contribution in [3.8, 4) is 5.75 Å². The number of benzene rings is 2.